The highest BCUT2D eigenvalue weighted by atomic mass is 32.2. The number of hydrogen-bond acceptors (Lipinski definition) is 5. The molecule has 2 aromatic rings. The summed E-state index contributed by atoms with van der Waals surface area (Å²) < 4.78 is 26.6. The van der Waals surface area contributed by atoms with Gasteiger partial charge in [-0.3, -0.25) is 14.4 Å². The monoisotopic (exact) mass is 415 g/mol. The van der Waals surface area contributed by atoms with Crippen LogP contribution in [-0.2, 0) is 26.0 Å². The molecule has 0 unspecified atom stereocenters. The lowest BCUT2D eigenvalue weighted by molar-refractivity contribution is -0.117. The minimum Gasteiger partial charge on any atom is -0.326 e. The Morgan fingerprint density at radius 1 is 1.14 bits per heavy atom. The van der Waals surface area contributed by atoms with E-state index in [-0.39, 0.29) is 23.1 Å². The molecule has 29 heavy (non-hydrogen) atoms. The maximum Gasteiger partial charge on any atom is 0.243 e. The number of likely N-dealkylation sites (N-methyl/N-ethyl adjacent to an activating group) is 1. The van der Waals surface area contributed by atoms with Gasteiger partial charge in [-0.1, -0.05) is 12.1 Å². The van der Waals surface area contributed by atoms with Crippen LogP contribution in [0.2, 0.25) is 0 Å². The van der Waals surface area contributed by atoms with Gasteiger partial charge in [-0.2, -0.15) is 4.31 Å². The first-order valence-electron chi connectivity index (χ1n) is 8.97. The van der Waals surface area contributed by atoms with Crippen molar-refractivity contribution in [1.82, 2.24) is 4.31 Å². The number of rotatable bonds is 6. The third kappa shape index (κ3) is 4.69. The fourth-order valence-corrected chi connectivity index (χ4v) is 4.18. The summed E-state index contributed by atoms with van der Waals surface area (Å²) in [5, 5.41) is 5.31. The van der Waals surface area contributed by atoms with Crippen LogP contribution in [0, 0.1) is 0 Å². The van der Waals surface area contributed by atoms with Crippen molar-refractivity contribution in [2.24, 2.45) is 0 Å². The Balaban J connectivity index is 1.71. The fraction of sp³-hybridized carbons (Fsp3) is 0.250. The second-order valence-corrected chi connectivity index (χ2v) is 8.86. The summed E-state index contributed by atoms with van der Waals surface area (Å²) in [7, 11) is -2.57. The molecule has 0 bridgehead atoms. The lowest BCUT2D eigenvalue weighted by Crippen LogP contribution is -2.35. The minimum atomic E-state index is -3.89. The van der Waals surface area contributed by atoms with Gasteiger partial charge in [0.25, 0.3) is 0 Å². The smallest absolute Gasteiger partial charge is 0.243 e. The van der Waals surface area contributed by atoms with Gasteiger partial charge in [0, 0.05) is 30.4 Å². The van der Waals surface area contributed by atoms with Gasteiger partial charge < -0.3 is 10.6 Å². The van der Waals surface area contributed by atoms with E-state index < -0.39 is 15.9 Å². The van der Waals surface area contributed by atoms with Crippen molar-refractivity contribution in [3.63, 3.8) is 0 Å². The molecule has 152 valence electrons. The Hall–Kier alpha value is -3.04. The molecular formula is C20H21N3O5S. The number of anilines is 2. The van der Waals surface area contributed by atoms with E-state index in [2.05, 4.69) is 10.6 Å². The van der Waals surface area contributed by atoms with E-state index in [0.29, 0.717) is 29.8 Å². The van der Waals surface area contributed by atoms with Gasteiger partial charge in [-0.25, -0.2) is 8.42 Å². The molecule has 0 radical (unpaired) electrons. The second-order valence-electron chi connectivity index (χ2n) is 6.81. The van der Waals surface area contributed by atoms with Crippen LogP contribution in [-0.4, -0.2) is 43.9 Å². The number of aryl methyl sites for hydroxylation is 1. The minimum absolute atomic E-state index is 0.0567. The van der Waals surface area contributed by atoms with Crippen molar-refractivity contribution in [2.75, 3.05) is 24.2 Å². The van der Waals surface area contributed by atoms with Gasteiger partial charge in [0.15, 0.2) is 5.78 Å². The van der Waals surface area contributed by atoms with Crippen molar-refractivity contribution in [2.45, 2.75) is 24.7 Å². The Labute approximate surface area is 169 Å². The number of benzene rings is 2. The second kappa shape index (κ2) is 8.14. The molecule has 0 aromatic heterocycles. The third-order valence-corrected chi connectivity index (χ3v) is 6.40. The molecule has 0 saturated carbocycles. The zero-order chi connectivity index (χ0) is 21.2. The van der Waals surface area contributed by atoms with E-state index in [1.807, 2.05) is 0 Å². The van der Waals surface area contributed by atoms with Crippen LogP contribution in [0.15, 0.2) is 47.4 Å². The lowest BCUT2D eigenvalue weighted by atomic mass is 10.0. The molecule has 0 fully saturated rings. The first-order chi connectivity index (χ1) is 13.7. The molecule has 1 heterocycles. The van der Waals surface area contributed by atoms with E-state index in [9.17, 15) is 22.8 Å². The van der Waals surface area contributed by atoms with Crippen LogP contribution in [0.4, 0.5) is 11.4 Å². The van der Waals surface area contributed by atoms with Crippen LogP contribution in [0.25, 0.3) is 0 Å². The highest BCUT2D eigenvalue weighted by molar-refractivity contribution is 7.89. The van der Waals surface area contributed by atoms with Gasteiger partial charge in [-0.05, 0) is 49.2 Å². The first-order valence-corrected chi connectivity index (χ1v) is 10.4. The molecule has 8 nitrogen and oxygen atoms in total. The number of nitrogens with zero attached hydrogens (tertiary/aromatic N) is 1. The summed E-state index contributed by atoms with van der Waals surface area (Å²) in [6.07, 6.45) is 0.759. The molecular weight excluding hydrogens is 394 g/mol. The van der Waals surface area contributed by atoms with E-state index in [4.69, 9.17) is 0 Å². The van der Waals surface area contributed by atoms with E-state index in [0.717, 1.165) is 9.87 Å². The zero-order valence-corrected chi connectivity index (χ0v) is 16.9. The molecule has 2 amide bonds. The topological polar surface area (TPSA) is 113 Å². The van der Waals surface area contributed by atoms with Crippen molar-refractivity contribution >= 4 is 39.0 Å². The number of ketones is 1. The zero-order valence-electron chi connectivity index (χ0n) is 16.1. The largest absolute Gasteiger partial charge is 0.326 e. The Bertz CT molecular complexity index is 1100. The number of Topliss-reactive ketones (excluding diaryl/α,β-unsaturated/α-hetero) is 1. The first kappa shape index (κ1) is 20.7. The van der Waals surface area contributed by atoms with Crippen LogP contribution in [0.5, 0.6) is 0 Å². The van der Waals surface area contributed by atoms with Crippen LogP contribution >= 0.6 is 0 Å². The molecule has 9 heteroatoms. The van der Waals surface area contributed by atoms with Gasteiger partial charge in [-0.15, -0.1) is 0 Å². The van der Waals surface area contributed by atoms with Gasteiger partial charge in [0.2, 0.25) is 21.8 Å². The lowest BCUT2D eigenvalue weighted by Gasteiger charge is -2.20. The summed E-state index contributed by atoms with van der Waals surface area (Å²) >= 11 is 0. The molecule has 0 atom stereocenters. The Morgan fingerprint density at radius 2 is 1.90 bits per heavy atom. The number of fused-ring (bicyclic) bond motifs is 1. The highest BCUT2D eigenvalue weighted by Crippen LogP contribution is 2.26. The molecule has 0 aliphatic carbocycles. The average molecular weight is 415 g/mol. The van der Waals surface area contributed by atoms with Crippen molar-refractivity contribution in [1.29, 1.82) is 0 Å². The maximum absolute atomic E-state index is 12.8. The third-order valence-electron chi connectivity index (χ3n) is 4.60. The summed E-state index contributed by atoms with van der Waals surface area (Å²) in [6.45, 7) is 1.03. The van der Waals surface area contributed by atoms with Crippen LogP contribution < -0.4 is 10.6 Å². The average Bonchev–Trinajstić information content (AvgIpc) is 2.67. The van der Waals surface area contributed by atoms with Gasteiger partial charge >= 0.3 is 0 Å². The van der Waals surface area contributed by atoms with Crippen molar-refractivity contribution in [3.8, 4) is 0 Å². The van der Waals surface area contributed by atoms with E-state index in [1.54, 1.807) is 24.3 Å². The highest BCUT2D eigenvalue weighted by Gasteiger charge is 2.25. The number of carbonyl (C=O) groups is 3. The van der Waals surface area contributed by atoms with E-state index >= 15 is 0 Å². The molecule has 0 spiro atoms. The summed E-state index contributed by atoms with van der Waals surface area (Å²) in [5.41, 5.74) is 2.21. The van der Waals surface area contributed by atoms with Crippen LogP contribution in [0.3, 0.4) is 0 Å². The predicted octanol–water partition coefficient (Wildman–Crippen LogP) is 2.03. The Morgan fingerprint density at radius 3 is 2.62 bits per heavy atom. The number of carbonyl (C=O) groups excluding carboxylic acids is 3. The Kier molecular flexibility index (Phi) is 5.81. The summed E-state index contributed by atoms with van der Waals surface area (Å²) in [6, 6.07) is 10.9. The fourth-order valence-electron chi connectivity index (χ4n) is 3.00. The van der Waals surface area contributed by atoms with Gasteiger partial charge in [0.05, 0.1) is 11.4 Å². The van der Waals surface area contributed by atoms with Crippen molar-refractivity contribution in [3.05, 3.63) is 53.6 Å². The predicted molar refractivity (Wildman–Crippen MR) is 108 cm³/mol. The number of sulfonamides is 1. The number of amides is 2. The standard InChI is InChI=1S/C20H21N3O5S/c1-13(24)14-4-3-5-16(10-14)21-20(26)12-23(2)29(27,28)17-7-8-18-15(11-17)6-9-19(25)22-18/h3-5,7-8,10-11H,6,9,12H2,1-2H3,(H,21,26)(H,22,25). The molecule has 3 rings (SSSR count). The molecule has 2 N–H and O–H groups in total. The molecule has 0 saturated heterocycles. The SMILES string of the molecule is CC(=O)c1cccc(NC(=O)CN(C)S(=O)(=O)c2ccc3c(c2)CCC(=O)N3)c1. The van der Waals surface area contributed by atoms with Crippen LogP contribution in [0.1, 0.15) is 29.3 Å². The molecule has 2 aromatic carbocycles. The normalized spacial score (nSPS) is 13.6. The quantitative estimate of drug-likeness (QED) is 0.701. The number of nitrogens with one attached hydrogen (secondary N) is 2. The summed E-state index contributed by atoms with van der Waals surface area (Å²) in [4.78, 5) is 35.2. The summed E-state index contributed by atoms with van der Waals surface area (Å²) in [5.74, 6) is -0.762. The molecule has 1 aliphatic rings. The van der Waals surface area contributed by atoms with Crippen molar-refractivity contribution < 1.29 is 22.8 Å². The van der Waals surface area contributed by atoms with Gasteiger partial charge in [0.1, 0.15) is 0 Å². The number of hydrogen-bond donors (Lipinski definition) is 2. The van der Waals surface area contributed by atoms with E-state index in [1.165, 1.54) is 32.2 Å². The molecule has 1 aliphatic heterocycles. The maximum atomic E-state index is 12.8.